The van der Waals surface area contributed by atoms with Crippen LogP contribution in [0.25, 0.3) is 0 Å². The summed E-state index contributed by atoms with van der Waals surface area (Å²) in [6, 6.07) is 0.988. The zero-order valence-corrected chi connectivity index (χ0v) is 9.48. The highest BCUT2D eigenvalue weighted by Crippen LogP contribution is 2.23. The molecule has 0 bridgehead atoms. The van der Waals surface area contributed by atoms with Crippen molar-refractivity contribution in [3.05, 3.63) is 29.6 Å². The van der Waals surface area contributed by atoms with Gasteiger partial charge in [0.05, 0.1) is 5.41 Å². The molecule has 3 nitrogen and oxygen atoms in total. The van der Waals surface area contributed by atoms with Gasteiger partial charge in [0.2, 0.25) is 5.91 Å². The van der Waals surface area contributed by atoms with Crippen molar-refractivity contribution in [2.45, 2.75) is 13.8 Å². The average Bonchev–Trinajstić information content (AvgIpc) is 2.22. The van der Waals surface area contributed by atoms with E-state index < -0.39 is 34.5 Å². The number of carbonyl (C=O) groups excluding carboxylic acids is 1. The largest absolute Gasteiger partial charge is 0.329 e. The number of halogens is 3. The number of rotatable bonds is 3. The highest BCUT2D eigenvalue weighted by atomic mass is 19.1. The summed E-state index contributed by atoms with van der Waals surface area (Å²) in [7, 11) is 0. The van der Waals surface area contributed by atoms with Gasteiger partial charge in [0.15, 0.2) is 11.6 Å². The highest BCUT2D eigenvalue weighted by molar-refractivity contribution is 5.95. The Labute approximate surface area is 96.8 Å². The number of benzene rings is 1. The lowest BCUT2D eigenvalue weighted by molar-refractivity contribution is -0.123. The second-order valence-corrected chi connectivity index (χ2v) is 4.29. The minimum Gasteiger partial charge on any atom is -0.329 e. The Balaban J connectivity index is 3.01. The lowest BCUT2D eigenvalue weighted by Crippen LogP contribution is -2.37. The van der Waals surface area contributed by atoms with E-state index in [9.17, 15) is 18.0 Å². The molecule has 0 saturated heterocycles. The van der Waals surface area contributed by atoms with Crippen LogP contribution in [0.1, 0.15) is 13.8 Å². The van der Waals surface area contributed by atoms with Gasteiger partial charge < -0.3 is 11.1 Å². The first-order valence-electron chi connectivity index (χ1n) is 4.94. The molecule has 0 unspecified atom stereocenters. The molecular weight excluding hydrogens is 233 g/mol. The molecule has 0 saturated carbocycles. The molecule has 0 spiro atoms. The van der Waals surface area contributed by atoms with Gasteiger partial charge in [-0.15, -0.1) is 0 Å². The van der Waals surface area contributed by atoms with Crippen LogP contribution in [-0.2, 0) is 4.79 Å². The van der Waals surface area contributed by atoms with E-state index >= 15 is 0 Å². The highest BCUT2D eigenvalue weighted by Gasteiger charge is 2.27. The maximum atomic E-state index is 13.2. The summed E-state index contributed by atoms with van der Waals surface area (Å²) >= 11 is 0. The molecule has 0 aliphatic carbocycles. The van der Waals surface area contributed by atoms with Crippen LogP contribution in [0.4, 0.5) is 18.9 Å². The molecule has 0 aliphatic heterocycles. The van der Waals surface area contributed by atoms with Gasteiger partial charge in [-0.2, -0.15) is 0 Å². The molecule has 0 heterocycles. The molecule has 0 fully saturated rings. The van der Waals surface area contributed by atoms with Crippen molar-refractivity contribution in [1.29, 1.82) is 0 Å². The molecule has 0 radical (unpaired) electrons. The first-order chi connectivity index (χ1) is 7.77. The Morgan fingerprint density at radius 2 is 1.76 bits per heavy atom. The fourth-order valence-electron chi connectivity index (χ4n) is 1.04. The van der Waals surface area contributed by atoms with Crippen LogP contribution in [0, 0.1) is 22.9 Å². The molecule has 94 valence electrons. The Kier molecular flexibility index (Phi) is 3.77. The van der Waals surface area contributed by atoms with Crippen LogP contribution < -0.4 is 11.1 Å². The fraction of sp³-hybridized carbons (Fsp3) is 0.364. The number of nitrogens with two attached hydrogens (primary N) is 1. The summed E-state index contributed by atoms with van der Waals surface area (Å²) in [5.74, 6) is -4.01. The maximum absolute atomic E-state index is 13.2. The van der Waals surface area contributed by atoms with Crippen LogP contribution in [0.3, 0.4) is 0 Å². The molecule has 1 rings (SSSR count). The monoisotopic (exact) mass is 246 g/mol. The van der Waals surface area contributed by atoms with Gasteiger partial charge in [0.25, 0.3) is 0 Å². The van der Waals surface area contributed by atoms with Crippen molar-refractivity contribution in [3.8, 4) is 0 Å². The summed E-state index contributed by atoms with van der Waals surface area (Å²) in [5.41, 5.74) is 3.72. The molecule has 0 aliphatic rings. The van der Waals surface area contributed by atoms with E-state index in [-0.39, 0.29) is 6.54 Å². The van der Waals surface area contributed by atoms with E-state index in [1.807, 2.05) is 0 Å². The predicted molar refractivity (Wildman–Crippen MR) is 57.8 cm³/mol. The fourth-order valence-corrected chi connectivity index (χ4v) is 1.04. The van der Waals surface area contributed by atoms with E-state index in [0.29, 0.717) is 12.1 Å². The van der Waals surface area contributed by atoms with Crippen LogP contribution in [-0.4, -0.2) is 12.5 Å². The minimum atomic E-state index is -1.16. The van der Waals surface area contributed by atoms with E-state index in [1.54, 1.807) is 0 Å². The third kappa shape index (κ3) is 2.97. The first-order valence-corrected chi connectivity index (χ1v) is 4.94. The Hall–Kier alpha value is -1.56. The lowest BCUT2D eigenvalue weighted by atomic mass is 9.92. The predicted octanol–water partition coefficient (Wildman–Crippen LogP) is 2.03. The maximum Gasteiger partial charge on any atom is 0.231 e. The van der Waals surface area contributed by atoms with Crippen LogP contribution in [0.15, 0.2) is 12.1 Å². The third-order valence-corrected chi connectivity index (χ3v) is 2.37. The van der Waals surface area contributed by atoms with Gasteiger partial charge in [-0.25, -0.2) is 13.2 Å². The molecule has 1 aromatic carbocycles. The second kappa shape index (κ2) is 4.75. The number of anilines is 1. The van der Waals surface area contributed by atoms with Crippen molar-refractivity contribution < 1.29 is 18.0 Å². The molecular formula is C11H13F3N2O. The second-order valence-electron chi connectivity index (χ2n) is 4.29. The number of hydrogen-bond acceptors (Lipinski definition) is 2. The van der Waals surface area contributed by atoms with Crippen molar-refractivity contribution in [3.63, 3.8) is 0 Å². The van der Waals surface area contributed by atoms with Crippen molar-refractivity contribution in [1.82, 2.24) is 0 Å². The minimum absolute atomic E-state index is 0.0171. The SMILES string of the molecule is CC(C)(CN)C(=O)Nc1c(F)cc(F)cc1F. The van der Waals surface area contributed by atoms with Crippen LogP contribution in [0.5, 0.6) is 0 Å². The van der Waals surface area contributed by atoms with Gasteiger partial charge in [0.1, 0.15) is 11.5 Å². The molecule has 6 heteroatoms. The number of carbonyl (C=O) groups is 1. The average molecular weight is 246 g/mol. The molecule has 0 aromatic heterocycles. The Morgan fingerprint density at radius 1 is 1.29 bits per heavy atom. The first kappa shape index (κ1) is 13.5. The van der Waals surface area contributed by atoms with Crippen molar-refractivity contribution in [2.75, 3.05) is 11.9 Å². The summed E-state index contributed by atoms with van der Waals surface area (Å²) < 4.78 is 39.1. The summed E-state index contributed by atoms with van der Waals surface area (Å²) in [6.07, 6.45) is 0. The Bertz CT molecular complexity index is 423. The van der Waals surface area contributed by atoms with Crippen LogP contribution in [0.2, 0.25) is 0 Å². The van der Waals surface area contributed by atoms with Crippen molar-refractivity contribution >= 4 is 11.6 Å². The van der Waals surface area contributed by atoms with Gasteiger partial charge >= 0.3 is 0 Å². The zero-order chi connectivity index (χ0) is 13.2. The zero-order valence-electron chi connectivity index (χ0n) is 9.48. The van der Waals surface area contributed by atoms with Crippen molar-refractivity contribution in [2.24, 2.45) is 11.1 Å². The third-order valence-electron chi connectivity index (χ3n) is 2.37. The van der Waals surface area contributed by atoms with Gasteiger partial charge in [-0.05, 0) is 13.8 Å². The van der Waals surface area contributed by atoms with E-state index in [1.165, 1.54) is 13.8 Å². The smallest absolute Gasteiger partial charge is 0.231 e. The summed E-state index contributed by atoms with van der Waals surface area (Å²) in [5, 5.41) is 2.06. The quantitative estimate of drug-likeness (QED) is 0.857. The number of amides is 1. The summed E-state index contributed by atoms with van der Waals surface area (Å²) in [6.45, 7) is 3.08. The molecule has 3 N–H and O–H groups in total. The molecule has 1 amide bonds. The number of nitrogens with one attached hydrogen (secondary N) is 1. The summed E-state index contributed by atoms with van der Waals surface area (Å²) in [4.78, 5) is 11.6. The van der Waals surface area contributed by atoms with E-state index in [4.69, 9.17) is 5.73 Å². The van der Waals surface area contributed by atoms with Crippen LogP contribution >= 0.6 is 0 Å². The topological polar surface area (TPSA) is 55.1 Å². The molecule has 17 heavy (non-hydrogen) atoms. The number of hydrogen-bond donors (Lipinski definition) is 2. The standard InChI is InChI=1S/C11H13F3N2O/c1-11(2,5-15)10(17)16-9-7(13)3-6(12)4-8(9)14/h3-4H,5,15H2,1-2H3,(H,16,17). The van der Waals surface area contributed by atoms with Gasteiger partial charge in [0, 0.05) is 18.7 Å². The van der Waals surface area contributed by atoms with Gasteiger partial charge in [-0.3, -0.25) is 4.79 Å². The van der Waals surface area contributed by atoms with E-state index in [2.05, 4.69) is 5.32 Å². The van der Waals surface area contributed by atoms with E-state index in [0.717, 1.165) is 0 Å². The van der Waals surface area contributed by atoms with Gasteiger partial charge in [-0.1, -0.05) is 0 Å². The normalized spacial score (nSPS) is 11.4. The Morgan fingerprint density at radius 3 is 2.18 bits per heavy atom. The molecule has 0 atom stereocenters. The lowest BCUT2D eigenvalue weighted by Gasteiger charge is -2.21. The molecule has 1 aromatic rings.